The van der Waals surface area contributed by atoms with Gasteiger partial charge in [-0.3, -0.25) is 4.79 Å². The number of ketones is 1. The Morgan fingerprint density at radius 3 is 2.19 bits per heavy atom. The zero-order valence-corrected chi connectivity index (χ0v) is 14.4. The monoisotopic (exact) mass is 400 g/mol. The van der Waals surface area contributed by atoms with E-state index in [1.165, 1.54) is 16.2 Å². The van der Waals surface area contributed by atoms with Gasteiger partial charge in [0.15, 0.2) is 5.78 Å². The zero-order valence-electron chi connectivity index (χ0n) is 11.2. The Bertz CT molecular complexity index is 1030. The molecular weight excluding hydrogens is 392 g/mol. The summed E-state index contributed by atoms with van der Waals surface area (Å²) in [5.41, 5.74) is 0.767. The molecule has 0 aliphatic rings. The molecule has 4 rings (SSSR count). The van der Waals surface area contributed by atoms with Gasteiger partial charge in [-0.1, -0.05) is 62.2 Å². The van der Waals surface area contributed by atoms with Crippen molar-refractivity contribution in [3.63, 3.8) is 0 Å². The Kier molecular flexibility index (Phi) is 2.85. The minimum absolute atomic E-state index is 0.0905. The van der Waals surface area contributed by atoms with Crippen LogP contribution in [0.4, 0.5) is 0 Å². The summed E-state index contributed by atoms with van der Waals surface area (Å²) < 4.78 is 2.04. The molecule has 0 saturated carbocycles. The van der Waals surface area contributed by atoms with Gasteiger partial charge in [0.1, 0.15) is 0 Å². The van der Waals surface area contributed by atoms with Crippen molar-refractivity contribution in [2.24, 2.45) is 0 Å². The van der Waals surface area contributed by atoms with E-state index in [9.17, 15) is 4.79 Å². The van der Waals surface area contributed by atoms with Crippen LogP contribution in [0, 0.1) is 0 Å². The maximum atomic E-state index is 12.0. The normalized spacial score (nSPS) is 11.8. The molecule has 0 amide bonds. The average molecular weight is 402 g/mol. The maximum Gasteiger partial charge on any atom is 0.160 e. The molecule has 0 fully saturated rings. The van der Waals surface area contributed by atoms with Gasteiger partial charge in [0, 0.05) is 14.5 Å². The summed E-state index contributed by atoms with van der Waals surface area (Å²) in [4.78, 5) is 12.0. The van der Waals surface area contributed by atoms with Crippen molar-refractivity contribution < 1.29 is 4.79 Å². The molecule has 0 atom stereocenters. The first kappa shape index (κ1) is 13.2. The molecular formula is C18H10Br2O. The standard InChI is InChI=1S/C18H10Br2O/c1-9(21)14-8-16(20)13-4-2-10-3-7-15(19)12-6-5-11(14)18(13)17(10)12/h2-8H,1H3. The van der Waals surface area contributed by atoms with Gasteiger partial charge in [-0.15, -0.1) is 0 Å². The third-order valence-corrected chi connectivity index (χ3v) is 5.40. The molecule has 0 aromatic heterocycles. The summed E-state index contributed by atoms with van der Waals surface area (Å²) in [6, 6.07) is 14.5. The lowest BCUT2D eigenvalue weighted by atomic mass is 9.91. The Labute approximate surface area is 138 Å². The first-order valence-electron chi connectivity index (χ1n) is 6.64. The first-order chi connectivity index (χ1) is 10.1. The molecule has 0 N–H and O–H groups in total. The first-order valence-corrected chi connectivity index (χ1v) is 8.23. The number of carbonyl (C=O) groups is 1. The van der Waals surface area contributed by atoms with Crippen molar-refractivity contribution in [1.82, 2.24) is 0 Å². The summed E-state index contributed by atoms with van der Waals surface area (Å²) in [6.07, 6.45) is 0. The van der Waals surface area contributed by atoms with E-state index in [4.69, 9.17) is 0 Å². The molecule has 3 heteroatoms. The fraction of sp³-hybridized carbons (Fsp3) is 0.0556. The third-order valence-electron chi connectivity index (χ3n) is 4.06. The van der Waals surface area contributed by atoms with Gasteiger partial charge < -0.3 is 0 Å². The predicted octanol–water partition coefficient (Wildman–Crippen LogP) is 6.31. The van der Waals surface area contributed by atoms with Crippen molar-refractivity contribution in [1.29, 1.82) is 0 Å². The van der Waals surface area contributed by atoms with Crippen LogP contribution in [0.5, 0.6) is 0 Å². The molecule has 0 radical (unpaired) electrons. The van der Waals surface area contributed by atoms with E-state index in [1.54, 1.807) is 6.92 Å². The van der Waals surface area contributed by atoms with Crippen LogP contribution in [-0.4, -0.2) is 5.78 Å². The van der Waals surface area contributed by atoms with Crippen molar-refractivity contribution in [3.05, 3.63) is 57.0 Å². The third kappa shape index (κ3) is 1.77. The van der Waals surface area contributed by atoms with Crippen LogP contribution >= 0.6 is 31.9 Å². The molecule has 0 heterocycles. The van der Waals surface area contributed by atoms with Gasteiger partial charge in [-0.2, -0.15) is 0 Å². The van der Waals surface area contributed by atoms with E-state index in [2.05, 4.69) is 68.3 Å². The van der Waals surface area contributed by atoms with Gasteiger partial charge in [0.25, 0.3) is 0 Å². The molecule has 0 aliphatic carbocycles. The Morgan fingerprint density at radius 2 is 1.43 bits per heavy atom. The van der Waals surface area contributed by atoms with Crippen LogP contribution in [-0.2, 0) is 0 Å². The molecule has 4 aromatic rings. The predicted molar refractivity (Wildman–Crippen MR) is 95.6 cm³/mol. The highest BCUT2D eigenvalue weighted by molar-refractivity contribution is 9.11. The summed E-state index contributed by atoms with van der Waals surface area (Å²) in [5, 5.41) is 6.91. The molecule has 0 bridgehead atoms. The van der Waals surface area contributed by atoms with Crippen LogP contribution in [0.15, 0.2) is 51.4 Å². The number of halogens is 2. The molecule has 4 aromatic carbocycles. The SMILES string of the molecule is CC(=O)c1cc(Br)c2ccc3ccc(Br)c4ccc1c2c34. The fourth-order valence-electron chi connectivity index (χ4n) is 3.11. The number of hydrogen-bond acceptors (Lipinski definition) is 1. The minimum atomic E-state index is 0.0905. The largest absolute Gasteiger partial charge is 0.294 e. The van der Waals surface area contributed by atoms with Crippen LogP contribution in [0.3, 0.4) is 0 Å². The van der Waals surface area contributed by atoms with Crippen LogP contribution in [0.25, 0.3) is 32.3 Å². The van der Waals surface area contributed by atoms with E-state index in [1.807, 2.05) is 6.07 Å². The lowest BCUT2D eigenvalue weighted by Crippen LogP contribution is -1.96. The van der Waals surface area contributed by atoms with Crippen molar-refractivity contribution in [3.8, 4) is 0 Å². The van der Waals surface area contributed by atoms with Crippen molar-refractivity contribution in [2.75, 3.05) is 0 Å². The summed E-state index contributed by atoms with van der Waals surface area (Å²) in [7, 11) is 0. The van der Waals surface area contributed by atoms with E-state index in [-0.39, 0.29) is 5.78 Å². The van der Waals surface area contributed by atoms with Crippen LogP contribution in [0.1, 0.15) is 17.3 Å². The van der Waals surface area contributed by atoms with Gasteiger partial charge in [-0.25, -0.2) is 0 Å². The van der Waals surface area contributed by atoms with Gasteiger partial charge >= 0.3 is 0 Å². The summed E-state index contributed by atoms with van der Waals surface area (Å²) >= 11 is 7.24. The Balaban J connectivity index is 2.41. The molecule has 0 aliphatic heterocycles. The molecule has 0 saturated heterocycles. The van der Waals surface area contributed by atoms with E-state index < -0.39 is 0 Å². The average Bonchev–Trinajstić information content (AvgIpc) is 2.48. The van der Waals surface area contributed by atoms with E-state index >= 15 is 0 Å². The maximum absolute atomic E-state index is 12.0. The fourth-order valence-corrected chi connectivity index (χ4v) is 4.13. The molecule has 0 unspecified atom stereocenters. The van der Waals surface area contributed by atoms with Gasteiger partial charge in [-0.05, 0) is 51.4 Å². The van der Waals surface area contributed by atoms with Crippen LogP contribution in [0.2, 0.25) is 0 Å². The van der Waals surface area contributed by atoms with Crippen molar-refractivity contribution >= 4 is 70.0 Å². The Morgan fingerprint density at radius 1 is 0.810 bits per heavy atom. The van der Waals surface area contributed by atoms with Crippen molar-refractivity contribution in [2.45, 2.75) is 6.92 Å². The van der Waals surface area contributed by atoms with Gasteiger partial charge in [0.2, 0.25) is 0 Å². The highest BCUT2D eigenvalue weighted by Crippen LogP contribution is 2.41. The molecule has 0 spiro atoms. The van der Waals surface area contributed by atoms with E-state index in [0.717, 1.165) is 30.7 Å². The number of benzene rings is 4. The second-order valence-corrected chi connectivity index (χ2v) is 6.97. The van der Waals surface area contributed by atoms with Gasteiger partial charge in [0.05, 0.1) is 0 Å². The number of hydrogen-bond donors (Lipinski definition) is 0. The number of rotatable bonds is 1. The lowest BCUT2D eigenvalue weighted by Gasteiger charge is -2.15. The molecule has 102 valence electrons. The summed E-state index contributed by atoms with van der Waals surface area (Å²) in [5.74, 6) is 0.0905. The highest BCUT2D eigenvalue weighted by Gasteiger charge is 2.16. The number of Topliss-reactive ketones (excluding diaryl/α,β-unsaturated/α-hetero) is 1. The second-order valence-electron chi connectivity index (χ2n) is 5.26. The van der Waals surface area contributed by atoms with E-state index in [0.29, 0.717) is 0 Å². The smallest absolute Gasteiger partial charge is 0.160 e. The molecule has 1 nitrogen and oxygen atoms in total. The molecule has 21 heavy (non-hydrogen) atoms. The number of carbonyl (C=O) groups excluding carboxylic acids is 1. The minimum Gasteiger partial charge on any atom is -0.294 e. The Hall–Kier alpha value is -1.45. The lowest BCUT2D eigenvalue weighted by molar-refractivity contribution is 0.101. The second kappa shape index (κ2) is 4.52. The highest BCUT2D eigenvalue weighted by atomic mass is 79.9. The zero-order chi connectivity index (χ0) is 14.7. The quantitative estimate of drug-likeness (QED) is 0.269. The van der Waals surface area contributed by atoms with Crippen LogP contribution < -0.4 is 0 Å². The summed E-state index contributed by atoms with van der Waals surface area (Å²) in [6.45, 7) is 1.62. The topological polar surface area (TPSA) is 17.1 Å².